The van der Waals surface area contributed by atoms with Crippen molar-refractivity contribution in [1.82, 2.24) is 4.57 Å². The lowest BCUT2D eigenvalue weighted by atomic mass is 9.77. The SMILES string of the molecule is CCOC(=O)c1cn2c(cc1=O)-c1cc(Br)c(OCC3CC3)cc1CC2(C)C(C)C. The molecule has 0 radical (unpaired) electrons. The maximum atomic E-state index is 12.8. The zero-order chi connectivity index (χ0) is 21.6. The van der Waals surface area contributed by atoms with Crippen molar-refractivity contribution >= 4 is 21.9 Å². The summed E-state index contributed by atoms with van der Waals surface area (Å²) in [5, 5.41) is 0. The summed E-state index contributed by atoms with van der Waals surface area (Å²) in [5.41, 5.74) is 2.44. The van der Waals surface area contributed by atoms with Crippen molar-refractivity contribution in [3.05, 3.63) is 50.2 Å². The molecule has 1 aliphatic heterocycles. The molecule has 1 aromatic carbocycles. The Bertz CT molecular complexity index is 1050. The third-order valence-corrected chi connectivity index (χ3v) is 7.11. The van der Waals surface area contributed by atoms with Gasteiger partial charge in [-0.1, -0.05) is 13.8 Å². The Balaban J connectivity index is 1.85. The highest BCUT2D eigenvalue weighted by molar-refractivity contribution is 9.10. The monoisotopic (exact) mass is 473 g/mol. The summed E-state index contributed by atoms with van der Waals surface area (Å²) < 4.78 is 14.1. The molecular weight excluding hydrogens is 446 g/mol. The molecule has 0 N–H and O–H groups in total. The first-order valence-corrected chi connectivity index (χ1v) is 11.4. The van der Waals surface area contributed by atoms with Crippen LogP contribution in [0.4, 0.5) is 0 Å². The molecule has 2 aliphatic rings. The molecule has 0 saturated heterocycles. The van der Waals surface area contributed by atoms with Gasteiger partial charge in [-0.15, -0.1) is 0 Å². The minimum Gasteiger partial charge on any atom is -0.492 e. The summed E-state index contributed by atoms with van der Waals surface area (Å²) in [6.07, 6.45) is 4.95. The first-order chi connectivity index (χ1) is 14.2. The second kappa shape index (κ2) is 7.88. The Morgan fingerprint density at radius 1 is 1.30 bits per heavy atom. The Kier molecular flexibility index (Phi) is 5.56. The molecule has 5 nitrogen and oxygen atoms in total. The maximum Gasteiger partial charge on any atom is 0.343 e. The summed E-state index contributed by atoms with van der Waals surface area (Å²) in [4.78, 5) is 25.1. The van der Waals surface area contributed by atoms with Crippen LogP contribution >= 0.6 is 15.9 Å². The van der Waals surface area contributed by atoms with E-state index in [2.05, 4.69) is 47.3 Å². The lowest BCUT2D eigenvalue weighted by molar-refractivity contribution is 0.0522. The molecule has 1 atom stereocenters. The number of aromatic nitrogens is 1. The first kappa shape index (κ1) is 21.2. The van der Waals surface area contributed by atoms with Gasteiger partial charge < -0.3 is 14.0 Å². The van der Waals surface area contributed by atoms with Crippen LogP contribution in [0.25, 0.3) is 11.3 Å². The molecule has 0 bridgehead atoms. The smallest absolute Gasteiger partial charge is 0.343 e. The molecule has 1 unspecified atom stereocenters. The van der Waals surface area contributed by atoms with Gasteiger partial charge in [-0.2, -0.15) is 0 Å². The summed E-state index contributed by atoms with van der Waals surface area (Å²) >= 11 is 3.65. The van der Waals surface area contributed by atoms with Crippen LogP contribution in [0.5, 0.6) is 5.75 Å². The van der Waals surface area contributed by atoms with E-state index in [1.165, 1.54) is 12.8 Å². The number of carbonyl (C=O) groups is 1. The average molecular weight is 474 g/mol. The number of carbonyl (C=O) groups excluding carboxylic acids is 1. The molecular formula is C24H28BrNO4. The predicted molar refractivity (Wildman–Crippen MR) is 120 cm³/mol. The molecule has 1 fully saturated rings. The van der Waals surface area contributed by atoms with Crippen molar-refractivity contribution in [3.63, 3.8) is 0 Å². The van der Waals surface area contributed by atoms with Crippen molar-refractivity contribution in [2.75, 3.05) is 13.2 Å². The Morgan fingerprint density at radius 3 is 2.67 bits per heavy atom. The van der Waals surface area contributed by atoms with E-state index in [4.69, 9.17) is 9.47 Å². The Morgan fingerprint density at radius 2 is 2.03 bits per heavy atom. The van der Waals surface area contributed by atoms with Gasteiger partial charge in [0.25, 0.3) is 0 Å². The van der Waals surface area contributed by atoms with Gasteiger partial charge in [0.1, 0.15) is 11.3 Å². The van der Waals surface area contributed by atoms with Crippen LogP contribution in [0.1, 0.15) is 56.5 Å². The van der Waals surface area contributed by atoms with Crippen molar-refractivity contribution in [2.24, 2.45) is 11.8 Å². The fourth-order valence-corrected chi connectivity index (χ4v) is 4.52. The van der Waals surface area contributed by atoms with Crippen LogP contribution in [-0.4, -0.2) is 23.8 Å². The van der Waals surface area contributed by atoms with Crippen LogP contribution in [0.3, 0.4) is 0 Å². The largest absolute Gasteiger partial charge is 0.492 e. The highest BCUT2D eigenvalue weighted by atomic mass is 79.9. The molecule has 0 amide bonds. The van der Waals surface area contributed by atoms with Gasteiger partial charge in [0.05, 0.1) is 23.4 Å². The van der Waals surface area contributed by atoms with Crippen molar-refractivity contribution < 1.29 is 14.3 Å². The van der Waals surface area contributed by atoms with E-state index in [-0.39, 0.29) is 29.1 Å². The zero-order valence-corrected chi connectivity index (χ0v) is 19.5. The summed E-state index contributed by atoms with van der Waals surface area (Å²) in [7, 11) is 0. The number of hydrogen-bond donors (Lipinski definition) is 0. The lowest BCUT2D eigenvalue weighted by Gasteiger charge is -2.43. The lowest BCUT2D eigenvalue weighted by Crippen LogP contribution is -2.42. The van der Waals surface area contributed by atoms with Crippen molar-refractivity contribution in [3.8, 4) is 17.0 Å². The van der Waals surface area contributed by atoms with Crippen LogP contribution in [0.2, 0.25) is 0 Å². The van der Waals surface area contributed by atoms with Crippen LogP contribution < -0.4 is 10.2 Å². The Labute approximate surface area is 185 Å². The molecule has 30 heavy (non-hydrogen) atoms. The third kappa shape index (κ3) is 3.70. The third-order valence-electron chi connectivity index (χ3n) is 6.49. The fourth-order valence-electron chi connectivity index (χ4n) is 4.06. The topological polar surface area (TPSA) is 57.5 Å². The summed E-state index contributed by atoms with van der Waals surface area (Å²) in [6.45, 7) is 9.23. The second-order valence-electron chi connectivity index (χ2n) is 8.91. The number of benzene rings is 1. The number of pyridine rings is 1. The van der Waals surface area contributed by atoms with E-state index in [1.807, 2.05) is 6.07 Å². The van der Waals surface area contributed by atoms with Crippen LogP contribution in [0.15, 0.2) is 33.7 Å². The second-order valence-corrected chi connectivity index (χ2v) is 9.76. The van der Waals surface area contributed by atoms with Crippen molar-refractivity contribution in [1.29, 1.82) is 0 Å². The molecule has 2 heterocycles. The molecule has 0 spiro atoms. The first-order valence-electron chi connectivity index (χ1n) is 10.6. The number of ether oxygens (including phenoxy) is 2. The number of halogens is 1. The average Bonchev–Trinajstić information content (AvgIpc) is 3.51. The van der Waals surface area contributed by atoms with Crippen LogP contribution in [-0.2, 0) is 16.7 Å². The minimum absolute atomic E-state index is 0.0828. The normalized spacial score (nSPS) is 19.9. The molecule has 2 aromatic rings. The highest BCUT2D eigenvalue weighted by Gasteiger charge is 2.38. The zero-order valence-electron chi connectivity index (χ0n) is 18.0. The van der Waals surface area contributed by atoms with Gasteiger partial charge >= 0.3 is 5.97 Å². The van der Waals surface area contributed by atoms with Gasteiger partial charge in [-0.3, -0.25) is 4.79 Å². The van der Waals surface area contributed by atoms with E-state index in [1.54, 1.807) is 19.2 Å². The number of esters is 1. The summed E-state index contributed by atoms with van der Waals surface area (Å²) in [5.74, 6) is 1.24. The van der Waals surface area contributed by atoms with E-state index >= 15 is 0 Å². The minimum atomic E-state index is -0.570. The number of nitrogens with zero attached hydrogens (tertiary/aromatic N) is 1. The fraction of sp³-hybridized carbons (Fsp3) is 0.500. The molecule has 6 heteroatoms. The standard InChI is InChI=1S/C24H28BrNO4/c1-5-29-23(28)18-12-26-20(10-21(18)27)17-9-19(25)22(30-13-15-6-7-15)8-16(17)11-24(26,4)14(2)3/h8-10,12,14-15H,5-7,11,13H2,1-4H3. The number of hydrogen-bond acceptors (Lipinski definition) is 4. The highest BCUT2D eigenvalue weighted by Crippen LogP contribution is 2.45. The number of fused-ring (bicyclic) bond motifs is 3. The maximum absolute atomic E-state index is 12.8. The van der Waals surface area contributed by atoms with Crippen molar-refractivity contribution in [2.45, 2.75) is 52.5 Å². The van der Waals surface area contributed by atoms with E-state index in [0.29, 0.717) is 5.92 Å². The molecule has 4 rings (SSSR count). The van der Waals surface area contributed by atoms with Gasteiger partial charge in [0, 0.05) is 23.4 Å². The predicted octanol–water partition coefficient (Wildman–Crippen LogP) is 5.17. The van der Waals surface area contributed by atoms with E-state index < -0.39 is 5.97 Å². The molecule has 160 valence electrons. The van der Waals surface area contributed by atoms with Gasteiger partial charge in [-0.25, -0.2) is 4.79 Å². The number of rotatable bonds is 6. The summed E-state index contributed by atoms with van der Waals surface area (Å²) in [6, 6.07) is 5.71. The van der Waals surface area contributed by atoms with Gasteiger partial charge in [-0.05, 0) is 78.6 Å². The quantitative estimate of drug-likeness (QED) is 0.542. The van der Waals surface area contributed by atoms with E-state index in [0.717, 1.165) is 40.1 Å². The molecule has 1 saturated carbocycles. The molecule has 1 aliphatic carbocycles. The van der Waals surface area contributed by atoms with Crippen LogP contribution in [0, 0.1) is 11.8 Å². The molecule has 1 aromatic heterocycles. The van der Waals surface area contributed by atoms with Gasteiger partial charge in [0.15, 0.2) is 5.43 Å². The van der Waals surface area contributed by atoms with E-state index in [9.17, 15) is 9.59 Å². The van der Waals surface area contributed by atoms with Gasteiger partial charge in [0.2, 0.25) is 0 Å². The Hall–Kier alpha value is -2.08.